The minimum Gasteiger partial charge on any atom is -0.374 e. The summed E-state index contributed by atoms with van der Waals surface area (Å²) in [6.07, 6.45) is 1.06. The van der Waals surface area contributed by atoms with Crippen molar-refractivity contribution in [1.82, 2.24) is 14.6 Å². The molecule has 1 aliphatic heterocycles. The molecular formula is C36H39N3O5. The van der Waals surface area contributed by atoms with Gasteiger partial charge in [0.25, 0.3) is 0 Å². The smallest absolute Gasteiger partial charge is 0.213 e. The number of benzene rings is 3. The first-order valence-corrected chi connectivity index (χ1v) is 15.0. The molecule has 2 aromatic heterocycles. The Morgan fingerprint density at radius 1 is 0.841 bits per heavy atom. The molecule has 0 radical (unpaired) electrons. The van der Waals surface area contributed by atoms with Gasteiger partial charge in [-0.2, -0.15) is 5.10 Å². The Kier molecular flexibility index (Phi) is 8.62. The summed E-state index contributed by atoms with van der Waals surface area (Å²) in [5.41, 5.74) is 2.90. The molecule has 3 aromatic carbocycles. The summed E-state index contributed by atoms with van der Waals surface area (Å²) in [5, 5.41) is 16.9. The van der Waals surface area contributed by atoms with E-state index in [1.807, 2.05) is 124 Å². The van der Waals surface area contributed by atoms with Crippen molar-refractivity contribution in [2.24, 2.45) is 0 Å². The summed E-state index contributed by atoms with van der Waals surface area (Å²) in [5.74, 6) is -1.76. The molecule has 1 aliphatic rings. The van der Waals surface area contributed by atoms with Gasteiger partial charge in [-0.1, -0.05) is 91.0 Å². The summed E-state index contributed by atoms with van der Waals surface area (Å²) in [4.78, 5) is 4.32. The maximum Gasteiger partial charge on any atom is 0.213 e. The number of aryl methyl sites for hydroxylation is 1. The van der Waals surface area contributed by atoms with Crippen LogP contribution < -0.4 is 0 Å². The third kappa shape index (κ3) is 5.92. The molecule has 6 rings (SSSR count). The normalized spacial score (nSPS) is 24.1. The Balaban J connectivity index is 1.39. The van der Waals surface area contributed by atoms with Crippen LogP contribution in [0.3, 0.4) is 0 Å². The molecular weight excluding hydrogens is 554 g/mol. The second-order valence-corrected chi connectivity index (χ2v) is 11.7. The van der Waals surface area contributed by atoms with Crippen LogP contribution in [0.25, 0.3) is 5.52 Å². The lowest BCUT2D eigenvalue weighted by atomic mass is 9.78. The number of hydrogen-bond donors (Lipinski definition) is 1. The van der Waals surface area contributed by atoms with Gasteiger partial charge in [-0.3, -0.25) is 0 Å². The van der Waals surface area contributed by atoms with Crippen LogP contribution in [0.4, 0.5) is 0 Å². The molecule has 2 unspecified atom stereocenters. The highest BCUT2D eigenvalue weighted by molar-refractivity contribution is 5.53. The van der Waals surface area contributed by atoms with E-state index >= 15 is 0 Å². The molecule has 8 nitrogen and oxygen atoms in total. The molecule has 0 spiro atoms. The molecule has 0 aliphatic carbocycles. The predicted molar refractivity (Wildman–Crippen MR) is 166 cm³/mol. The number of aliphatic hydroxyl groups is 1. The summed E-state index contributed by atoms with van der Waals surface area (Å²) in [6.45, 7) is 7.04. The average Bonchev–Trinajstić information content (AvgIpc) is 3.59. The van der Waals surface area contributed by atoms with Crippen LogP contribution in [0.5, 0.6) is 0 Å². The second-order valence-electron chi connectivity index (χ2n) is 11.7. The number of aromatic nitrogens is 3. The molecule has 8 heteroatoms. The lowest BCUT2D eigenvalue weighted by Crippen LogP contribution is -2.60. The second kappa shape index (κ2) is 12.6. The van der Waals surface area contributed by atoms with Crippen molar-refractivity contribution in [2.75, 3.05) is 6.61 Å². The van der Waals surface area contributed by atoms with Crippen molar-refractivity contribution in [3.63, 3.8) is 0 Å². The van der Waals surface area contributed by atoms with Gasteiger partial charge >= 0.3 is 0 Å². The van der Waals surface area contributed by atoms with Crippen LogP contribution in [0, 0.1) is 6.92 Å². The summed E-state index contributed by atoms with van der Waals surface area (Å²) < 4.78 is 28.3. The molecule has 0 amide bonds. The number of fused-ring (bicyclic) bond motifs is 1. The zero-order chi connectivity index (χ0) is 30.6. The topological polar surface area (TPSA) is 87.3 Å². The van der Waals surface area contributed by atoms with Gasteiger partial charge in [0.15, 0.2) is 0 Å². The summed E-state index contributed by atoms with van der Waals surface area (Å²) >= 11 is 0. The van der Waals surface area contributed by atoms with Gasteiger partial charge in [-0.05, 0) is 49.6 Å². The molecule has 228 valence electrons. The van der Waals surface area contributed by atoms with Gasteiger partial charge in [0, 0.05) is 6.42 Å². The van der Waals surface area contributed by atoms with Gasteiger partial charge in [-0.15, -0.1) is 0 Å². The van der Waals surface area contributed by atoms with Crippen LogP contribution in [0.15, 0.2) is 109 Å². The van der Waals surface area contributed by atoms with E-state index in [4.69, 9.17) is 18.9 Å². The fourth-order valence-electron chi connectivity index (χ4n) is 6.23. The zero-order valence-electron chi connectivity index (χ0n) is 25.4. The molecule has 4 atom stereocenters. The lowest BCUT2D eigenvalue weighted by molar-refractivity contribution is -0.267. The Labute approximate surface area is 258 Å². The number of ether oxygens (including phenoxy) is 4. The zero-order valence-corrected chi connectivity index (χ0v) is 25.4. The average molecular weight is 594 g/mol. The predicted octanol–water partition coefficient (Wildman–Crippen LogP) is 6.14. The fourth-order valence-corrected chi connectivity index (χ4v) is 6.23. The Morgan fingerprint density at radius 3 is 2.07 bits per heavy atom. The monoisotopic (exact) mass is 593 g/mol. The Morgan fingerprint density at radius 2 is 1.43 bits per heavy atom. The van der Waals surface area contributed by atoms with Crippen molar-refractivity contribution in [3.05, 3.63) is 138 Å². The molecule has 3 heterocycles. The summed E-state index contributed by atoms with van der Waals surface area (Å²) in [6, 6.07) is 33.7. The Bertz CT molecular complexity index is 1670. The van der Waals surface area contributed by atoms with E-state index in [-0.39, 0.29) is 13.0 Å². The maximum absolute atomic E-state index is 12.5. The summed E-state index contributed by atoms with van der Waals surface area (Å²) in [7, 11) is 0. The highest BCUT2D eigenvalue weighted by Gasteiger charge is 2.67. The molecule has 1 N–H and O–H groups in total. The fraction of sp³-hybridized carbons (Fsp3) is 0.333. The lowest BCUT2D eigenvalue weighted by Gasteiger charge is -2.45. The third-order valence-corrected chi connectivity index (χ3v) is 8.66. The van der Waals surface area contributed by atoms with Crippen molar-refractivity contribution >= 4 is 5.52 Å². The third-order valence-electron chi connectivity index (χ3n) is 8.66. The van der Waals surface area contributed by atoms with Crippen molar-refractivity contribution in [2.45, 2.75) is 70.1 Å². The molecule has 1 saturated heterocycles. The van der Waals surface area contributed by atoms with Crippen molar-refractivity contribution < 1.29 is 24.1 Å². The van der Waals surface area contributed by atoms with Crippen LogP contribution in [0.1, 0.15) is 48.3 Å². The van der Waals surface area contributed by atoms with Gasteiger partial charge in [0.05, 0.1) is 43.7 Å². The standard InChI is InChI=1S/C36H39N3O5/c1-27-32-19-20-33(39(32)38-26-37-27)36(40)24-35(43-23-31-17-11-6-12-18-31,28(2)42-22-30-15-9-5-10-16-30)34(3,44-36)25-41-21-29-13-7-4-8-14-29/h4-20,26,28,40H,21-25H2,1-3H3/t28?,34?,35-,36-/m1/s1. The number of hydrogen-bond acceptors (Lipinski definition) is 7. The maximum atomic E-state index is 12.5. The molecule has 0 saturated carbocycles. The van der Waals surface area contributed by atoms with E-state index < -0.39 is 23.1 Å². The van der Waals surface area contributed by atoms with Gasteiger partial charge < -0.3 is 24.1 Å². The van der Waals surface area contributed by atoms with Gasteiger partial charge in [0.1, 0.15) is 23.2 Å². The number of rotatable bonds is 12. The molecule has 44 heavy (non-hydrogen) atoms. The highest BCUT2D eigenvalue weighted by atomic mass is 16.7. The first-order valence-electron chi connectivity index (χ1n) is 15.0. The van der Waals surface area contributed by atoms with E-state index in [0.717, 1.165) is 27.9 Å². The first kappa shape index (κ1) is 30.1. The van der Waals surface area contributed by atoms with Crippen LogP contribution in [0.2, 0.25) is 0 Å². The van der Waals surface area contributed by atoms with E-state index in [9.17, 15) is 5.11 Å². The van der Waals surface area contributed by atoms with E-state index in [1.165, 1.54) is 6.33 Å². The van der Waals surface area contributed by atoms with Crippen molar-refractivity contribution in [3.8, 4) is 0 Å². The SMILES string of the molecule is Cc1ncnn2c([C@@]3(O)C[C@@](OCc4ccccc4)(C(C)OCc4ccccc4)C(C)(COCc4ccccc4)O3)ccc12. The molecule has 0 bridgehead atoms. The highest BCUT2D eigenvalue weighted by Crippen LogP contribution is 2.54. The molecule has 1 fully saturated rings. The first-order chi connectivity index (χ1) is 21.3. The van der Waals surface area contributed by atoms with Crippen molar-refractivity contribution in [1.29, 1.82) is 0 Å². The van der Waals surface area contributed by atoms with Crippen LogP contribution in [-0.2, 0) is 44.6 Å². The van der Waals surface area contributed by atoms with Gasteiger partial charge in [-0.25, -0.2) is 9.50 Å². The Hall–Kier alpha value is -3.92. The molecule has 5 aromatic rings. The minimum absolute atomic E-state index is 0.0865. The van der Waals surface area contributed by atoms with E-state index in [2.05, 4.69) is 10.1 Å². The minimum atomic E-state index is -1.76. The van der Waals surface area contributed by atoms with E-state index in [0.29, 0.717) is 25.5 Å². The van der Waals surface area contributed by atoms with Gasteiger partial charge in [0.2, 0.25) is 5.79 Å². The number of nitrogens with zero attached hydrogens (tertiary/aromatic N) is 3. The quantitative estimate of drug-likeness (QED) is 0.186. The van der Waals surface area contributed by atoms with Crippen LogP contribution >= 0.6 is 0 Å². The van der Waals surface area contributed by atoms with E-state index in [1.54, 1.807) is 4.52 Å². The largest absolute Gasteiger partial charge is 0.374 e. The van der Waals surface area contributed by atoms with Crippen LogP contribution in [-0.4, -0.2) is 43.6 Å².